The third-order valence-corrected chi connectivity index (χ3v) is 5.42. The molecule has 0 saturated heterocycles. The Morgan fingerprint density at radius 3 is 2.43 bits per heavy atom. The van der Waals surface area contributed by atoms with Gasteiger partial charge in [-0.2, -0.15) is 0 Å². The highest BCUT2D eigenvalue weighted by atomic mass is 35.5. The number of likely N-dealkylation sites (N-methyl/N-ethyl adjacent to an activating group) is 1. The Hall–Kier alpha value is -2.18. The molecule has 0 aliphatic rings. The summed E-state index contributed by atoms with van der Waals surface area (Å²) in [5.74, 6) is 0.770. The summed E-state index contributed by atoms with van der Waals surface area (Å²) in [5, 5.41) is 3.17. The maximum atomic E-state index is 12.4. The van der Waals surface area contributed by atoms with Gasteiger partial charge in [-0.1, -0.05) is 29.3 Å². The minimum Gasteiger partial charge on any atom is -0.492 e. The molecule has 0 heterocycles. The molecular weight excluding hydrogens is 396 g/mol. The first kappa shape index (κ1) is 22.1. The van der Waals surface area contributed by atoms with E-state index in [0.717, 1.165) is 11.3 Å². The summed E-state index contributed by atoms with van der Waals surface area (Å²) in [6, 6.07) is 14.7. The SMILES string of the molecule is Cc1ccc(NC(=O)CSC(C)C(=O)N(C)CCOc2ccc(Cl)cc2)cc1. The van der Waals surface area contributed by atoms with E-state index >= 15 is 0 Å². The fourth-order valence-corrected chi connectivity index (χ4v) is 3.28. The number of hydrogen-bond acceptors (Lipinski definition) is 4. The number of aryl methyl sites for hydroxylation is 1. The Morgan fingerprint density at radius 1 is 1.14 bits per heavy atom. The van der Waals surface area contributed by atoms with Crippen molar-refractivity contribution in [1.29, 1.82) is 0 Å². The van der Waals surface area contributed by atoms with Gasteiger partial charge in [0.25, 0.3) is 0 Å². The van der Waals surface area contributed by atoms with Gasteiger partial charge in [-0.25, -0.2) is 0 Å². The number of ether oxygens (including phenoxy) is 1. The summed E-state index contributed by atoms with van der Waals surface area (Å²) in [4.78, 5) is 26.1. The molecular formula is C21H25ClN2O3S. The molecule has 1 N–H and O–H groups in total. The first-order valence-electron chi connectivity index (χ1n) is 8.96. The highest BCUT2D eigenvalue weighted by molar-refractivity contribution is 8.01. The van der Waals surface area contributed by atoms with Crippen LogP contribution in [0.2, 0.25) is 5.02 Å². The molecule has 0 spiro atoms. The average molecular weight is 421 g/mol. The van der Waals surface area contributed by atoms with E-state index in [9.17, 15) is 9.59 Å². The summed E-state index contributed by atoms with van der Waals surface area (Å²) >= 11 is 7.15. The van der Waals surface area contributed by atoms with Crippen LogP contribution >= 0.6 is 23.4 Å². The number of anilines is 1. The topological polar surface area (TPSA) is 58.6 Å². The molecule has 2 amide bonds. The van der Waals surface area contributed by atoms with Gasteiger partial charge in [0.15, 0.2) is 0 Å². The van der Waals surface area contributed by atoms with Crippen LogP contribution in [0.4, 0.5) is 5.69 Å². The number of thioether (sulfide) groups is 1. The summed E-state index contributed by atoms with van der Waals surface area (Å²) in [5.41, 5.74) is 1.89. The minimum atomic E-state index is -0.315. The van der Waals surface area contributed by atoms with Crippen molar-refractivity contribution in [3.05, 3.63) is 59.1 Å². The van der Waals surface area contributed by atoms with Gasteiger partial charge in [0.1, 0.15) is 12.4 Å². The fourth-order valence-electron chi connectivity index (χ4n) is 2.36. The number of carbonyl (C=O) groups excluding carboxylic acids is 2. The van der Waals surface area contributed by atoms with Gasteiger partial charge in [-0.3, -0.25) is 9.59 Å². The number of nitrogens with one attached hydrogen (secondary N) is 1. The zero-order chi connectivity index (χ0) is 20.5. The molecule has 150 valence electrons. The van der Waals surface area contributed by atoms with E-state index < -0.39 is 0 Å². The maximum Gasteiger partial charge on any atom is 0.235 e. The molecule has 1 atom stereocenters. The van der Waals surface area contributed by atoms with E-state index in [1.54, 1.807) is 36.2 Å². The monoisotopic (exact) mass is 420 g/mol. The second-order valence-corrected chi connectivity index (χ2v) is 8.20. The van der Waals surface area contributed by atoms with E-state index in [0.29, 0.717) is 23.9 Å². The Balaban J connectivity index is 1.69. The molecule has 7 heteroatoms. The third kappa shape index (κ3) is 7.44. The predicted molar refractivity (Wildman–Crippen MR) is 116 cm³/mol. The van der Waals surface area contributed by atoms with Crippen LogP contribution in [0, 0.1) is 6.92 Å². The average Bonchev–Trinajstić information content (AvgIpc) is 2.68. The van der Waals surface area contributed by atoms with E-state index in [1.165, 1.54) is 11.8 Å². The zero-order valence-electron chi connectivity index (χ0n) is 16.3. The van der Waals surface area contributed by atoms with Crippen LogP contribution in [0.5, 0.6) is 5.75 Å². The van der Waals surface area contributed by atoms with Gasteiger partial charge < -0.3 is 15.0 Å². The minimum absolute atomic E-state index is 0.0344. The van der Waals surface area contributed by atoms with Crippen molar-refractivity contribution in [2.45, 2.75) is 19.1 Å². The van der Waals surface area contributed by atoms with Crippen molar-refractivity contribution in [2.75, 3.05) is 31.3 Å². The number of amides is 2. The van der Waals surface area contributed by atoms with Crippen LogP contribution in [0.15, 0.2) is 48.5 Å². The normalized spacial score (nSPS) is 11.6. The van der Waals surface area contributed by atoms with Crippen LogP contribution < -0.4 is 10.1 Å². The number of carbonyl (C=O) groups is 2. The highest BCUT2D eigenvalue weighted by Gasteiger charge is 2.19. The van der Waals surface area contributed by atoms with E-state index in [2.05, 4.69) is 5.32 Å². The molecule has 0 aliphatic carbocycles. The van der Waals surface area contributed by atoms with Crippen LogP contribution in [-0.4, -0.2) is 47.9 Å². The second-order valence-electron chi connectivity index (χ2n) is 6.43. The number of benzene rings is 2. The van der Waals surface area contributed by atoms with E-state index in [-0.39, 0.29) is 22.8 Å². The van der Waals surface area contributed by atoms with Crippen LogP contribution in [0.25, 0.3) is 0 Å². The molecule has 0 aliphatic heterocycles. The second kappa shape index (κ2) is 11.0. The largest absolute Gasteiger partial charge is 0.492 e. The van der Waals surface area contributed by atoms with Crippen LogP contribution in [0.3, 0.4) is 0 Å². The zero-order valence-corrected chi connectivity index (χ0v) is 17.8. The number of nitrogens with zero attached hydrogens (tertiary/aromatic N) is 1. The molecule has 0 aromatic heterocycles. The Morgan fingerprint density at radius 2 is 1.79 bits per heavy atom. The molecule has 0 fully saturated rings. The lowest BCUT2D eigenvalue weighted by atomic mass is 10.2. The molecule has 1 unspecified atom stereocenters. The van der Waals surface area contributed by atoms with Crippen molar-refractivity contribution in [3.8, 4) is 5.75 Å². The molecule has 0 saturated carbocycles. The van der Waals surface area contributed by atoms with Crippen molar-refractivity contribution < 1.29 is 14.3 Å². The number of hydrogen-bond donors (Lipinski definition) is 1. The van der Waals surface area contributed by atoms with E-state index in [1.807, 2.05) is 38.1 Å². The summed E-state index contributed by atoms with van der Waals surface area (Å²) in [6.45, 7) is 4.64. The quantitative estimate of drug-likeness (QED) is 0.659. The molecule has 0 radical (unpaired) electrons. The van der Waals surface area contributed by atoms with Crippen molar-refractivity contribution >= 4 is 40.9 Å². The van der Waals surface area contributed by atoms with Crippen molar-refractivity contribution in [2.24, 2.45) is 0 Å². The predicted octanol–water partition coefficient (Wildman–Crippen LogP) is 4.25. The smallest absolute Gasteiger partial charge is 0.235 e. The van der Waals surface area contributed by atoms with Crippen molar-refractivity contribution in [1.82, 2.24) is 4.90 Å². The summed E-state index contributed by atoms with van der Waals surface area (Å²) < 4.78 is 5.61. The molecule has 0 bridgehead atoms. The molecule has 28 heavy (non-hydrogen) atoms. The summed E-state index contributed by atoms with van der Waals surface area (Å²) in [6.07, 6.45) is 0. The first-order valence-corrected chi connectivity index (χ1v) is 10.4. The number of rotatable bonds is 9. The summed E-state index contributed by atoms with van der Waals surface area (Å²) in [7, 11) is 1.73. The maximum absolute atomic E-state index is 12.4. The van der Waals surface area contributed by atoms with E-state index in [4.69, 9.17) is 16.3 Å². The van der Waals surface area contributed by atoms with Gasteiger partial charge in [0.05, 0.1) is 17.5 Å². The lowest BCUT2D eigenvalue weighted by Gasteiger charge is -2.21. The lowest BCUT2D eigenvalue weighted by Crippen LogP contribution is -2.36. The molecule has 2 rings (SSSR count). The Labute approximate surface area is 175 Å². The standard InChI is InChI=1S/C21H25ClN2O3S/c1-15-4-8-18(9-5-15)23-20(25)14-28-16(2)21(26)24(3)12-13-27-19-10-6-17(22)7-11-19/h4-11,16H,12-14H2,1-3H3,(H,23,25). The van der Waals surface area contributed by atoms with Crippen molar-refractivity contribution in [3.63, 3.8) is 0 Å². The Kier molecular flexibility index (Phi) is 8.67. The highest BCUT2D eigenvalue weighted by Crippen LogP contribution is 2.16. The van der Waals surface area contributed by atoms with Crippen LogP contribution in [-0.2, 0) is 9.59 Å². The number of halogens is 1. The molecule has 2 aromatic rings. The van der Waals surface area contributed by atoms with Crippen LogP contribution in [0.1, 0.15) is 12.5 Å². The Bertz CT molecular complexity index is 781. The van der Waals surface area contributed by atoms with Gasteiger partial charge >= 0.3 is 0 Å². The van der Waals surface area contributed by atoms with Gasteiger partial charge in [-0.05, 0) is 50.2 Å². The van der Waals surface area contributed by atoms with Gasteiger partial charge in [-0.15, -0.1) is 11.8 Å². The molecule has 2 aromatic carbocycles. The lowest BCUT2D eigenvalue weighted by molar-refractivity contribution is -0.129. The van der Waals surface area contributed by atoms with Gasteiger partial charge in [0, 0.05) is 17.8 Å². The third-order valence-electron chi connectivity index (χ3n) is 4.03. The van der Waals surface area contributed by atoms with Gasteiger partial charge in [0.2, 0.25) is 11.8 Å². The fraction of sp³-hybridized carbons (Fsp3) is 0.333. The first-order chi connectivity index (χ1) is 13.3. The molecule has 5 nitrogen and oxygen atoms in total.